The number of aliphatic hydroxyl groups is 1. The van der Waals surface area contributed by atoms with Gasteiger partial charge in [-0.2, -0.15) is 5.26 Å². The number of nitrogens with zero attached hydrogens (tertiary/aromatic N) is 1. The second-order valence-corrected chi connectivity index (χ2v) is 12.0. The molecule has 13 heteroatoms. The van der Waals surface area contributed by atoms with Crippen molar-refractivity contribution >= 4 is 35.3 Å². The first-order valence-electron chi connectivity index (χ1n) is 16.9. The maximum atomic E-state index is 13.7. The zero-order valence-corrected chi connectivity index (χ0v) is 29.0. The number of ether oxygens (including phenoxy) is 5. The summed E-state index contributed by atoms with van der Waals surface area (Å²) in [6.45, 7) is -0.698. The van der Waals surface area contributed by atoms with Gasteiger partial charge in [0, 0.05) is 23.9 Å². The number of aliphatic hydroxyl groups excluding tert-OH is 1. The van der Waals surface area contributed by atoms with Gasteiger partial charge in [-0.1, -0.05) is 97.1 Å². The van der Waals surface area contributed by atoms with Crippen molar-refractivity contribution in [3.8, 4) is 28.3 Å². The number of rotatable bonds is 10. The highest BCUT2D eigenvalue weighted by Gasteiger charge is 2.53. The van der Waals surface area contributed by atoms with Gasteiger partial charge in [-0.25, -0.2) is 14.4 Å². The molecule has 274 valence electrons. The summed E-state index contributed by atoms with van der Waals surface area (Å²) >= 11 is 0. The molecule has 3 amide bonds. The first kappa shape index (κ1) is 37.1. The Hall–Kier alpha value is -6.72. The average Bonchev–Trinajstić information content (AvgIpc) is 3.20. The number of hydrogen-bond donors (Lipinski definition) is 4. The molecule has 1 saturated heterocycles. The van der Waals surface area contributed by atoms with Crippen LogP contribution < -0.4 is 16.0 Å². The van der Waals surface area contributed by atoms with Crippen LogP contribution in [0.5, 0.6) is 0 Å². The number of nitriles is 1. The monoisotopic (exact) mass is 728 g/mol. The summed E-state index contributed by atoms with van der Waals surface area (Å²) < 4.78 is 29.0. The van der Waals surface area contributed by atoms with E-state index in [0.717, 1.165) is 11.1 Å². The molecule has 54 heavy (non-hydrogen) atoms. The summed E-state index contributed by atoms with van der Waals surface area (Å²) in [6.07, 6.45) is -10.3. The summed E-state index contributed by atoms with van der Waals surface area (Å²) in [5, 5.41) is 27.5. The largest absolute Gasteiger partial charge is 0.439 e. The number of para-hydroxylation sites is 2. The lowest BCUT2D eigenvalue weighted by atomic mass is 9.98. The summed E-state index contributed by atoms with van der Waals surface area (Å²) in [5.41, 5.74) is 4.58. The molecule has 0 bridgehead atoms. The van der Waals surface area contributed by atoms with Gasteiger partial charge in [-0.05, 0) is 47.5 Å². The predicted molar refractivity (Wildman–Crippen MR) is 199 cm³/mol. The molecule has 0 saturated carbocycles. The molecule has 13 nitrogen and oxygen atoms in total. The summed E-state index contributed by atoms with van der Waals surface area (Å²) in [7, 11) is 1.28. The van der Waals surface area contributed by atoms with Crippen molar-refractivity contribution in [1.82, 2.24) is 0 Å². The van der Waals surface area contributed by atoms with Crippen molar-refractivity contribution < 1.29 is 43.2 Å². The second kappa shape index (κ2) is 17.7. The standard InChI is InChI=1S/C41H36N4O9/c1-50-38-37(54-41(49)45-33-19-11-9-17-31(33)28-14-6-3-7-15-28)36(53-40(48)44-32-18-10-8-16-30(32)27-12-4-2-5-13-27)35(34(25-46)51-38)52-39(47)43-29-22-20-26(24-42)21-23-29/h2-23,34-38,46H,25H2,1H3,(H,43,47)(H,44,48)(H,45,49)/t34-,35-,36+,37-,38+/m1/s1. The van der Waals surface area contributed by atoms with Crippen LogP contribution in [0.4, 0.5) is 31.4 Å². The van der Waals surface area contributed by atoms with Crippen molar-refractivity contribution in [2.45, 2.75) is 30.7 Å². The van der Waals surface area contributed by atoms with Crippen molar-refractivity contribution in [3.05, 3.63) is 139 Å². The van der Waals surface area contributed by atoms with Gasteiger partial charge < -0.3 is 28.8 Å². The quantitative estimate of drug-likeness (QED) is 0.106. The molecular formula is C41H36N4O9. The number of hydrogen-bond acceptors (Lipinski definition) is 10. The number of methoxy groups -OCH3 is 1. The van der Waals surface area contributed by atoms with Gasteiger partial charge in [0.2, 0.25) is 0 Å². The third-order valence-corrected chi connectivity index (χ3v) is 8.49. The summed E-state index contributed by atoms with van der Waals surface area (Å²) in [5.74, 6) is 0. The number of nitrogens with one attached hydrogen (secondary N) is 3. The minimum absolute atomic E-state index is 0.294. The lowest BCUT2D eigenvalue weighted by Crippen LogP contribution is -2.63. The normalized spacial score (nSPS) is 19.0. The van der Waals surface area contributed by atoms with Gasteiger partial charge in [-0.3, -0.25) is 16.0 Å². The third kappa shape index (κ3) is 9.01. The number of amides is 3. The highest BCUT2D eigenvalue weighted by atomic mass is 16.7. The van der Waals surface area contributed by atoms with Crippen LogP contribution in [0.2, 0.25) is 0 Å². The predicted octanol–water partition coefficient (Wildman–Crippen LogP) is 7.41. The van der Waals surface area contributed by atoms with Crippen LogP contribution in [0.1, 0.15) is 5.56 Å². The van der Waals surface area contributed by atoms with Gasteiger partial charge in [0.1, 0.15) is 6.10 Å². The number of anilines is 3. The molecule has 1 aliphatic heterocycles. The second-order valence-electron chi connectivity index (χ2n) is 12.0. The maximum Gasteiger partial charge on any atom is 0.412 e. The van der Waals surface area contributed by atoms with E-state index in [4.69, 9.17) is 28.9 Å². The Morgan fingerprint density at radius 1 is 0.630 bits per heavy atom. The molecule has 6 rings (SSSR count). The Kier molecular flexibility index (Phi) is 12.1. The van der Waals surface area contributed by atoms with Crippen molar-refractivity contribution in [2.75, 3.05) is 29.7 Å². The van der Waals surface area contributed by atoms with E-state index in [-0.39, 0.29) is 0 Å². The van der Waals surface area contributed by atoms with Gasteiger partial charge in [0.05, 0.1) is 29.6 Å². The fourth-order valence-electron chi connectivity index (χ4n) is 5.96. The van der Waals surface area contributed by atoms with Gasteiger partial charge >= 0.3 is 18.3 Å². The topological polar surface area (TPSA) is 177 Å². The fraction of sp³-hybridized carbons (Fsp3) is 0.171. The molecule has 0 spiro atoms. The summed E-state index contributed by atoms with van der Waals surface area (Å²) in [6, 6.07) is 40.9. The fourth-order valence-corrected chi connectivity index (χ4v) is 5.96. The number of carbonyl (C=O) groups excluding carboxylic acids is 3. The smallest absolute Gasteiger partial charge is 0.412 e. The number of benzene rings is 5. The molecular weight excluding hydrogens is 692 g/mol. The van der Waals surface area contributed by atoms with Crippen LogP contribution in [-0.4, -0.2) is 67.8 Å². The lowest BCUT2D eigenvalue weighted by molar-refractivity contribution is -0.290. The Labute approximate surface area is 311 Å². The molecule has 0 unspecified atom stereocenters. The molecule has 4 N–H and O–H groups in total. The molecule has 1 aliphatic rings. The zero-order chi connectivity index (χ0) is 37.9. The van der Waals surface area contributed by atoms with Crippen LogP contribution in [0, 0.1) is 11.3 Å². The van der Waals surface area contributed by atoms with E-state index in [9.17, 15) is 19.5 Å². The maximum absolute atomic E-state index is 13.7. The van der Waals surface area contributed by atoms with Crippen molar-refractivity contribution in [1.29, 1.82) is 5.26 Å². The lowest BCUT2D eigenvalue weighted by Gasteiger charge is -2.43. The van der Waals surface area contributed by atoms with Gasteiger partial charge in [-0.15, -0.1) is 0 Å². The van der Waals surface area contributed by atoms with Crippen LogP contribution in [0.25, 0.3) is 22.3 Å². The first-order chi connectivity index (χ1) is 26.4. The highest BCUT2D eigenvalue weighted by molar-refractivity contribution is 5.93. The van der Waals surface area contributed by atoms with E-state index in [2.05, 4.69) is 16.0 Å². The minimum atomic E-state index is -1.58. The van der Waals surface area contributed by atoms with Gasteiger partial charge in [0.15, 0.2) is 24.6 Å². The van der Waals surface area contributed by atoms with E-state index in [1.807, 2.05) is 91.0 Å². The molecule has 1 fully saturated rings. The van der Waals surface area contributed by atoms with Crippen LogP contribution in [0.3, 0.4) is 0 Å². The number of carbonyl (C=O) groups is 3. The van der Waals surface area contributed by atoms with E-state index in [0.29, 0.717) is 33.8 Å². The van der Waals surface area contributed by atoms with E-state index in [1.165, 1.54) is 31.4 Å². The highest BCUT2D eigenvalue weighted by Crippen LogP contribution is 2.33. The molecule has 1 heterocycles. The molecule has 5 aromatic carbocycles. The Bertz CT molecular complexity index is 2090. The first-order valence-corrected chi connectivity index (χ1v) is 16.9. The average molecular weight is 729 g/mol. The summed E-state index contributed by atoms with van der Waals surface area (Å²) in [4.78, 5) is 40.6. The molecule has 5 aromatic rings. The van der Waals surface area contributed by atoms with Crippen molar-refractivity contribution in [2.24, 2.45) is 0 Å². The Morgan fingerprint density at radius 2 is 1.09 bits per heavy atom. The van der Waals surface area contributed by atoms with Crippen LogP contribution in [0.15, 0.2) is 133 Å². The third-order valence-electron chi connectivity index (χ3n) is 8.49. The molecule has 0 aliphatic carbocycles. The van der Waals surface area contributed by atoms with Crippen LogP contribution >= 0.6 is 0 Å². The minimum Gasteiger partial charge on any atom is -0.439 e. The van der Waals surface area contributed by atoms with Gasteiger partial charge in [0.25, 0.3) is 0 Å². The zero-order valence-electron chi connectivity index (χ0n) is 29.0. The molecule has 0 aromatic heterocycles. The van der Waals surface area contributed by atoms with E-state index >= 15 is 0 Å². The van der Waals surface area contributed by atoms with Crippen molar-refractivity contribution in [3.63, 3.8) is 0 Å². The Morgan fingerprint density at radius 3 is 1.59 bits per heavy atom. The molecule has 5 atom stereocenters. The van der Waals surface area contributed by atoms with E-state index < -0.39 is 55.6 Å². The molecule has 0 radical (unpaired) electrons. The Balaban J connectivity index is 1.29. The van der Waals surface area contributed by atoms with Crippen LogP contribution in [-0.2, 0) is 23.7 Å². The SMILES string of the molecule is CO[C@H]1O[C@H](CO)[C@@H](OC(=O)Nc2ccc(C#N)cc2)[C@H](OC(=O)Nc2ccccc2-c2ccccc2)[C@H]1OC(=O)Nc1ccccc1-c1ccccc1. The van der Waals surface area contributed by atoms with E-state index in [1.54, 1.807) is 24.3 Å².